The van der Waals surface area contributed by atoms with Gasteiger partial charge >= 0.3 is 0 Å². The number of carbonyl (C=O) groups excluding carboxylic acids is 1. The minimum Gasteiger partial charge on any atom is -0.397 e. The van der Waals surface area contributed by atoms with Crippen molar-refractivity contribution in [1.29, 1.82) is 5.26 Å². The van der Waals surface area contributed by atoms with E-state index >= 15 is 0 Å². The Balaban J connectivity index is 1.65. The van der Waals surface area contributed by atoms with Gasteiger partial charge in [0.15, 0.2) is 0 Å². The number of aromatic nitrogens is 1. The van der Waals surface area contributed by atoms with Gasteiger partial charge in [-0.25, -0.2) is 4.98 Å². The summed E-state index contributed by atoms with van der Waals surface area (Å²) in [6, 6.07) is 6.21. The minimum absolute atomic E-state index is 0.263. The Hall–Kier alpha value is -2.43. The van der Waals surface area contributed by atoms with E-state index in [2.05, 4.69) is 30.2 Å². The molecule has 3 N–H and O–H groups in total. The predicted molar refractivity (Wildman–Crippen MR) is 116 cm³/mol. The number of nitriles is 1. The van der Waals surface area contributed by atoms with E-state index in [9.17, 15) is 10.1 Å². The molecular formula is C21H22N4OS2. The first-order chi connectivity index (χ1) is 13.5. The summed E-state index contributed by atoms with van der Waals surface area (Å²) in [5, 5.41) is 14.0. The zero-order chi connectivity index (χ0) is 19.8. The molecule has 1 amide bonds. The average molecular weight is 411 g/mol. The highest BCUT2D eigenvalue weighted by molar-refractivity contribution is 7.21. The normalized spacial score (nSPS) is 13.5. The highest BCUT2D eigenvalue weighted by atomic mass is 32.1. The van der Waals surface area contributed by atoms with E-state index in [1.165, 1.54) is 27.6 Å². The molecule has 28 heavy (non-hydrogen) atoms. The van der Waals surface area contributed by atoms with Crippen LogP contribution in [0.2, 0.25) is 0 Å². The summed E-state index contributed by atoms with van der Waals surface area (Å²) in [6.45, 7) is 4.31. The number of rotatable bonds is 4. The molecule has 3 heterocycles. The monoisotopic (exact) mass is 410 g/mol. The number of aryl methyl sites for hydroxylation is 1. The summed E-state index contributed by atoms with van der Waals surface area (Å²) in [7, 11) is 0. The number of carbonyl (C=O) groups is 1. The number of nitrogens with one attached hydrogen (secondary N) is 1. The van der Waals surface area contributed by atoms with Crippen LogP contribution >= 0.6 is 22.7 Å². The quantitative estimate of drug-likeness (QED) is 0.623. The fourth-order valence-corrected chi connectivity index (χ4v) is 5.91. The number of nitrogen functional groups attached to an aromatic ring is 1. The van der Waals surface area contributed by atoms with Crippen LogP contribution in [0.25, 0.3) is 10.2 Å². The molecule has 0 saturated heterocycles. The van der Waals surface area contributed by atoms with Crippen LogP contribution in [0.5, 0.6) is 0 Å². The van der Waals surface area contributed by atoms with E-state index in [-0.39, 0.29) is 5.91 Å². The maximum atomic E-state index is 12.9. The topological polar surface area (TPSA) is 91.8 Å². The number of nitrogens with zero attached hydrogens (tertiary/aromatic N) is 2. The van der Waals surface area contributed by atoms with Crippen molar-refractivity contribution in [3.05, 3.63) is 38.7 Å². The molecule has 144 valence electrons. The van der Waals surface area contributed by atoms with Gasteiger partial charge in [-0.15, -0.1) is 22.7 Å². The van der Waals surface area contributed by atoms with E-state index in [0.29, 0.717) is 27.0 Å². The third-order valence-corrected chi connectivity index (χ3v) is 7.31. The van der Waals surface area contributed by atoms with Crippen molar-refractivity contribution in [1.82, 2.24) is 4.98 Å². The lowest BCUT2D eigenvalue weighted by molar-refractivity contribution is 0.103. The second-order valence-electron chi connectivity index (χ2n) is 7.58. The van der Waals surface area contributed by atoms with Crippen molar-refractivity contribution in [2.45, 2.75) is 46.0 Å². The number of hydrogen-bond acceptors (Lipinski definition) is 6. The Morgan fingerprint density at radius 1 is 1.32 bits per heavy atom. The third-order valence-electron chi connectivity index (χ3n) is 4.99. The van der Waals surface area contributed by atoms with Crippen LogP contribution in [0.1, 0.15) is 58.1 Å². The Morgan fingerprint density at radius 2 is 2.11 bits per heavy atom. The zero-order valence-electron chi connectivity index (χ0n) is 16.0. The molecule has 0 fully saturated rings. The van der Waals surface area contributed by atoms with Crippen molar-refractivity contribution in [3.8, 4) is 6.07 Å². The number of thiophene rings is 2. The van der Waals surface area contributed by atoms with Crippen LogP contribution in [-0.2, 0) is 19.3 Å². The van der Waals surface area contributed by atoms with E-state index in [0.717, 1.165) is 53.6 Å². The second kappa shape index (κ2) is 7.53. The predicted octanol–water partition coefficient (Wildman–Crippen LogP) is 5.14. The largest absolute Gasteiger partial charge is 0.397 e. The Kier molecular flexibility index (Phi) is 5.09. The SMILES string of the molecule is CC(C)Cc1ccc2c(N)c(C(=O)Nc3sc4c(c3C#N)CCCC4)sc2n1. The fraction of sp³-hybridized carbons (Fsp3) is 0.381. The lowest BCUT2D eigenvalue weighted by Crippen LogP contribution is -2.12. The molecule has 0 bridgehead atoms. The number of pyridine rings is 1. The summed E-state index contributed by atoms with van der Waals surface area (Å²) in [4.78, 5) is 20.1. The summed E-state index contributed by atoms with van der Waals surface area (Å²) in [5.41, 5.74) is 9.45. The standard InChI is InChI=1S/C21H22N4OS2/c1-11(2)9-12-7-8-14-17(23)18(28-20(14)24-12)19(26)25-21-15(10-22)13-5-3-4-6-16(13)27-21/h7-8,11H,3-6,9,23H2,1-2H3,(H,25,26). The van der Waals surface area contributed by atoms with Crippen molar-refractivity contribution >= 4 is 49.5 Å². The highest BCUT2D eigenvalue weighted by Crippen LogP contribution is 2.39. The van der Waals surface area contributed by atoms with Crippen LogP contribution in [0, 0.1) is 17.2 Å². The number of hydrogen-bond donors (Lipinski definition) is 2. The summed E-state index contributed by atoms with van der Waals surface area (Å²) in [5.74, 6) is 0.250. The first kappa shape index (κ1) is 18.9. The van der Waals surface area contributed by atoms with Crippen molar-refractivity contribution in [3.63, 3.8) is 0 Å². The van der Waals surface area contributed by atoms with E-state index in [1.54, 1.807) is 0 Å². The van der Waals surface area contributed by atoms with Crippen molar-refractivity contribution in [2.24, 2.45) is 5.92 Å². The molecule has 3 aromatic rings. The van der Waals surface area contributed by atoms with Crippen LogP contribution < -0.4 is 11.1 Å². The number of amides is 1. The molecule has 0 radical (unpaired) electrons. The fourth-order valence-electron chi connectivity index (χ4n) is 3.67. The Bertz CT molecular complexity index is 1100. The molecule has 1 aliphatic rings. The molecule has 4 rings (SSSR count). The van der Waals surface area contributed by atoms with Crippen molar-refractivity contribution in [2.75, 3.05) is 11.1 Å². The zero-order valence-corrected chi connectivity index (χ0v) is 17.6. The molecule has 3 aromatic heterocycles. The molecule has 0 atom stereocenters. The van der Waals surface area contributed by atoms with E-state index in [4.69, 9.17) is 5.73 Å². The Morgan fingerprint density at radius 3 is 2.86 bits per heavy atom. The van der Waals surface area contributed by atoms with Crippen LogP contribution in [0.4, 0.5) is 10.7 Å². The smallest absolute Gasteiger partial charge is 0.268 e. The molecule has 5 nitrogen and oxygen atoms in total. The van der Waals surface area contributed by atoms with Gasteiger partial charge in [-0.3, -0.25) is 4.79 Å². The lowest BCUT2D eigenvalue weighted by atomic mass is 9.96. The second-order valence-corrected chi connectivity index (χ2v) is 9.68. The molecule has 0 aliphatic heterocycles. The summed E-state index contributed by atoms with van der Waals surface area (Å²) >= 11 is 2.84. The minimum atomic E-state index is -0.263. The van der Waals surface area contributed by atoms with Crippen LogP contribution in [0.3, 0.4) is 0 Å². The van der Waals surface area contributed by atoms with Crippen molar-refractivity contribution < 1.29 is 4.79 Å². The van der Waals surface area contributed by atoms with Gasteiger partial charge in [0.05, 0.1) is 11.3 Å². The van der Waals surface area contributed by atoms with E-state index in [1.807, 2.05) is 12.1 Å². The molecule has 1 aliphatic carbocycles. The maximum Gasteiger partial charge on any atom is 0.268 e. The van der Waals surface area contributed by atoms with Gasteiger partial charge in [-0.2, -0.15) is 5.26 Å². The van der Waals surface area contributed by atoms with Gasteiger partial charge in [-0.1, -0.05) is 13.8 Å². The van der Waals surface area contributed by atoms with Gasteiger partial charge in [0.2, 0.25) is 0 Å². The molecular weight excluding hydrogens is 388 g/mol. The molecule has 0 spiro atoms. The van der Waals surface area contributed by atoms with Gasteiger partial charge in [0.25, 0.3) is 5.91 Å². The van der Waals surface area contributed by atoms with Gasteiger partial charge in [-0.05, 0) is 55.7 Å². The van der Waals surface area contributed by atoms with Crippen LogP contribution in [0.15, 0.2) is 12.1 Å². The summed E-state index contributed by atoms with van der Waals surface area (Å²) < 4.78 is 0. The maximum absolute atomic E-state index is 12.9. The van der Waals surface area contributed by atoms with Gasteiger partial charge in [0, 0.05) is 16.0 Å². The Labute approximate surface area is 172 Å². The lowest BCUT2D eigenvalue weighted by Gasteiger charge is -2.09. The number of anilines is 2. The molecule has 0 aromatic carbocycles. The number of fused-ring (bicyclic) bond motifs is 2. The van der Waals surface area contributed by atoms with E-state index < -0.39 is 0 Å². The average Bonchev–Trinajstić information content (AvgIpc) is 3.18. The third kappa shape index (κ3) is 3.38. The van der Waals surface area contributed by atoms with Gasteiger partial charge < -0.3 is 11.1 Å². The molecule has 0 unspecified atom stereocenters. The first-order valence-electron chi connectivity index (χ1n) is 9.51. The van der Waals surface area contributed by atoms with Crippen LogP contribution in [-0.4, -0.2) is 10.9 Å². The first-order valence-corrected chi connectivity index (χ1v) is 11.1. The number of nitrogens with two attached hydrogens (primary N) is 1. The summed E-state index contributed by atoms with van der Waals surface area (Å²) in [6.07, 6.45) is 5.02. The molecule has 0 saturated carbocycles. The van der Waals surface area contributed by atoms with Gasteiger partial charge in [0.1, 0.15) is 20.8 Å². The molecule has 7 heteroatoms. The highest BCUT2D eigenvalue weighted by Gasteiger charge is 2.24.